The quantitative estimate of drug-likeness (QED) is 0.646. The Morgan fingerprint density at radius 3 is 2.46 bits per heavy atom. The van der Waals surface area contributed by atoms with Crippen molar-refractivity contribution in [1.29, 1.82) is 0 Å². The van der Waals surface area contributed by atoms with Gasteiger partial charge in [-0.25, -0.2) is 18.2 Å². The third-order valence-electron chi connectivity index (χ3n) is 3.83. The lowest BCUT2D eigenvalue weighted by Gasteiger charge is -2.11. The predicted molar refractivity (Wildman–Crippen MR) is 103 cm³/mol. The number of nitrogens with one attached hydrogen (secondary N) is 2. The molecule has 2 N–H and O–H groups in total. The Balaban J connectivity index is 1.88. The number of sulfonamides is 1. The molecule has 0 fully saturated rings. The van der Waals surface area contributed by atoms with Gasteiger partial charge in [-0.05, 0) is 42.3 Å². The molecule has 0 unspecified atom stereocenters. The molecule has 3 rings (SSSR count). The fourth-order valence-corrected chi connectivity index (χ4v) is 3.96. The zero-order valence-corrected chi connectivity index (χ0v) is 16.3. The lowest BCUT2D eigenvalue weighted by molar-refractivity contribution is 0.580. The van der Waals surface area contributed by atoms with Crippen LogP contribution in [0.25, 0.3) is 11.3 Å². The van der Waals surface area contributed by atoms with Crippen LogP contribution in [0.3, 0.4) is 0 Å². The van der Waals surface area contributed by atoms with Crippen LogP contribution in [-0.4, -0.2) is 18.6 Å². The first-order valence-electron chi connectivity index (χ1n) is 7.76. The average molecular weight is 434 g/mol. The van der Waals surface area contributed by atoms with Crippen LogP contribution >= 0.6 is 15.9 Å². The van der Waals surface area contributed by atoms with Crippen LogP contribution in [0.15, 0.2) is 68.8 Å². The van der Waals surface area contributed by atoms with E-state index >= 15 is 0 Å². The van der Waals surface area contributed by atoms with E-state index in [1.807, 2.05) is 24.3 Å². The molecule has 2 aromatic carbocycles. The number of rotatable bonds is 5. The standard InChI is InChI=1S/C18H16BrN3O3S/c1-12-2-5-14(16-8-9-18(23)22-21-16)10-17(12)26(24,25)20-11-13-3-6-15(19)7-4-13/h2-10,20H,11H2,1H3,(H,22,23). The van der Waals surface area contributed by atoms with E-state index in [1.54, 1.807) is 31.2 Å². The smallest absolute Gasteiger partial charge is 0.264 e. The van der Waals surface area contributed by atoms with Gasteiger partial charge in [0.05, 0.1) is 10.6 Å². The molecule has 0 bridgehead atoms. The van der Waals surface area contributed by atoms with Gasteiger partial charge in [0.25, 0.3) is 5.56 Å². The molecule has 0 spiro atoms. The number of nitrogens with zero attached hydrogens (tertiary/aromatic N) is 1. The molecule has 0 saturated carbocycles. The van der Waals surface area contributed by atoms with Crippen molar-refractivity contribution in [3.05, 3.63) is 80.6 Å². The van der Waals surface area contributed by atoms with Crippen LogP contribution in [0.2, 0.25) is 0 Å². The first-order chi connectivity index (χ1) is 12.3. The van der Waals surface area contributed by atoms with E-state index in [9.17, 15) is 13.2 Å². The fraction of sp³-hybridized carbons (Fsp3) is 0.111. The van der Waals surface area contributed by atoms with Crippen molar-refractivity contribution in [2.75, 3.05) is 0 Å². The number of hydrogen-bond donors (Lipinski definition) is 2. The number of halogens is 1. The molecule has 26 heavy (non-hydrogen) atoms. The summed E-state index contributed by atoms with van der Waals surface area (Å²) in [6.45, 7) is 1.93. The predicted octanol–water partition coefficient (Wildman–Crippen LogP) is 2.99. The zero-order valence-electron chi connectivity index (χ0n) is 13.9. The summed E-state index contributed by atoms with van der Waals surface area (Å²) in [6.07, 6.45) is 0. The highest BCUT2D eigenvalue weighted by atomic mass is 79.9. The molecule has 134 valence electrons. The highest BCUT2D eigenvalue weighted by Crippen LogP contribution is 2.23. The van der Waals surface area contributed by atoms with Crippen molar-refractivity contribution in [3.63, 3.8) is 0 Å². The molecular weight excluding hydrogens is 418 g/mol. The van der Waals surface area contributed by atoms with E-state index < -0.39 is 10.0 Å². The summed E-state index contributed by atoms with van der Waals surface area (Å²) in [6, 6.07) is 15.4. The number of aryl methyl sites for hydroxylation is 1. The van der Waals surface area contributed by atoms with Gasteiger partial charge in [-0.3, -0.25) is 4.79 Å². The zero-order chi connectivity index (χ0) is 18.7. The second-order valence-electron chi connectivity index (χ2n) is 5.74. The molecule has 0 aliphatic rings. The number of benzene rings is 2. The van der Waals surface area contributed by atoms with Crippen molar-refractivity contribution >= 4 is 26.0 Å². The second-order valence-corrected chi connectivity index (χ2v) is 8.39. The van der Waals surface area contributed by atoms with E-state index in [0.717, 1.165) is 10.0 Å². The lowest BCUT2D eigenvalue weighted by Crippen LogP contribution is -2.24. The maximum Gasteiger partial charge on any atom is 0.264 e. The Morgan fingerprint density at radius 2 is 1.81 bits per heavy atom. The minimum atomic E-state index is -3.70. The van der Waals surface area contributed by atoms with Gasteiger partial charge in [-0.1, -0.05) is 40.2 Å². The first kappa shape index (κ1) is 18.5. The third-order valence-corrected chi connectivity index (χ3v) is 5.90. The lowest BCUT2D eigenvalue weighted by atomic mass is 10.1. The van der Waals surface area contributed by atoms with Gasteiger partial charge < -0.3 is 0 Å². The summed E-state index contributed by atoms with van der Waals surface area (Å²) < 4.78 is 29.0. The van der Waals surface area contributed by atoms with Crippen LogP contribution in [0, 0.1) is 6.92 Å². The Kier molecular flexibility index (Phi) is 5.36. The largest absolute Gasteiger partial charge is 0.268 e. The molecule has 1 aromatic heterocycles. The van der Waals surface area contributed by atoms with Crippen molar-refractivity contribution in [3.8, 4) is 11.3 Å². The van der Waals surface area contributed by atoms with E-state index in [2.05, 4.69) is 30.8 Å². The average Bonchev–Trinajstić information content (AvgIpc) is 2.62. The summed E-state index contributed by atoms with van der Waals surface area (Å²) >= 11 is 3.35. The van der Waals surface area contributed by atoms with E-state index in [4.69, 9.17) is 0 Å². The van der Waals surface area contributed by atoms with Crippen LogP contribution in [0.4, 0.5) is 0 Å². The molecule has 0 atom stereocenters. The molecule has 0 aliphatic heterocycles. The Bertz CT molecular complexity index is 1070. The second kappa shape index (κ2) is 7.53. The summed E-state index contributed by atoms with van der Waals surface area (Å²) in [5.74, 6) is 0. The van der Waals surface area contributed by atoms with Crippen LogP contribution in [0.5, 0.6) is 0 Å². The van der Waals surface area contributed by atoms with Gasteiger partial charge >= 0.3 is 0 Å². The maximum atomic E-state index is 12.7. The molecular formula is C18H16BrN3O3S. The van der Waals surface area contributed by atoms with Crippen LogP contribution in [0.1, 0.15) is 11.1 Å². The molecule has 8 heteroatoms. The Labute approximate surface area is 159 Å². The van der Waals surface area contributed by atoms with Gasteiger partial charge in [0.2, 0.25) is 10.0 Å². The van der Waals surface area contributed by atoms with Crippen LogP contribution in [-0.2, 0) is 16.6 Å². The van der Waals surface area contributed by atoms with E-state index in [1.165, 1.54) is 6.07 Å². The van der Waals surface area contributed by atoms with Gasteiger partial charge in [-0.2, -0.15) is 5.10 Å². The van der Waals surface area contributed by atoms with Crippen molar-refractivity contribution in [2.45, 2.75) is 18.4 Å². The molecule has 0 saturated heterocycles. The monoisotopic (exact) mass is 433 g/mol. The first-order valence-corrected chi connectivity index (χ1v) is 10.0. The maximum absolute atomic E-state index is 12.7. The number of aromatic amines is 1. The molecule has 6 nitrogen and oxygen atoms in total. The van der Waals surface area contributed by atoms with Crippen LogP contribution < -0.4 is 10.3 Å². The number of aromatic nitrogens is 2. The molecule has 0 aliphatic carbocycles. The molecule has 3 aromatic rings. The third kappa shape index (κ3) is 4.27. The highest BCUT2D eigenvalue weighted by molar-refractivity contribution is 9.10. The van der Waals surface area contributed by atoms with Gasteiger partial charge in [0, 0.05) is 22.6 Å². The van der Waals surface area contributed by atoms with E-state index in [0.29, 0.717) is 16.8 Å². The molecule has 0 radical (unpaired) electrons. The van der Waals surface area contributed by atoms with Gasteiger partial charge in [0.15, 0.2) is 0 Å². The minimum absolute atomic E-state index is 0.181. The van der Waals surface area contributed by atoms with Crippen molar-refractivity contribution in [2.24, 2.45) is 0 Å². The molecule has 1 heterocycles. The van der Waals surface area contributed by atoms with Crippen molar-refractivity contribution in [1.82, 2.24) is 14.9 Å². The normalized spacial score (nSPS) is 11.5. The van der Waals surface area contributed by atoms with E-state index in [-0.39, 0.29) is 17.0 Å². The summed E-state index contributed by atoms with van der Waals surface area (Å²) in [5, 5.41) is 6.29. The highest BCUT2D eigenvalue weighted by Gasteiger charge is 2.18. The summed E-state index contributed by atoms with van der Waals surface area (Å²) in [5.41, 5.74) is 2.27. The fourth-order valence-electron chi connectivity index (χ4n) is 2.41. The van der Waals surface area contributed by atoms with Gasteiger partial charge in [0.1, 0.15) is 0 Å². The Hall–Kier alpha value is -2.29. The number of hydrogen-bond acceptors (Lipinski definition) is 4. The number of H-pyrrole nitrogens is 1. The minimum Gasteiger partial charge on any atom is -0.268 e. The Morgan fingerprint density at radius 1 is 1.08 bits per heavy atom. The van der Waals surface area contributed by atoms with Crippen molar-refractivity contribution < 1.29 is 8.42 Å². The molecule has 0 amide bonds. The van der Waals surface area contributed by atoms with Gasteiger partial charge in [-0.15, -0.1) is 0 Å². The summed E-state index contributed by atoms with van der Waals surface area (Å²) in [7, 11) is -3.70. The topological polar surface area (TPSA) is 91.9 Å². The summed E-state index contributed by atoms with van der Waals surface area (Å²) in [4.78, 5) is 11.3. The SMILES string of the molecule is Cc1ccc(-c2ccc(=O)[nH]n2)cc1S(=O)(=O)NCc1ccc(Br)cc1.